The fraction of sp³-hybridized carbons (Fsp3) is 0.591. The van der Waals surface area contributed by atoms with Crippen LogP contribution < -0.4 is 10.6 Å². The zero-order chi connectivity index (χ0) is 20.0. The van der Waals surface area contributed by atoms with Gasteiger partial charge in [-0.05, 0) is 49.4 Å². The molecule has 4 heterocycles. The molecule has 7 heteroatoms. The standard InChI is InChI=1S/C22H28N4O3/c27-20-7-6-19(21(28)24-20)26-13-15-10-14(4-5-18(15)22(26)29)12-25-16-2-1-3-17(25)11-23-9-8-16/h4-5,10,16-17,19,23H,1-3,6-9,11-13H2,(H,24,27,28). The molecule has 154 valence electrons. The van der Waals surface area contributed by atoms with Crippen LogP contribution in [-0.2, 0) is 22.7 Å². The SMILES string of the molecule is O=C1CCC(N2Cc3cc(CN4C5CCCC4CNCC5)ccc3C2=O)C(=O)N1. The zero-order valence-corrected chi connectivity index (χ0v) is 16.7. The lowest BCUT2D eigenvalue weighted by Gasteiger charge is -2.40. The van der Waals surface area contributed by atoms with E-state index >= 15 is 0 Å². The number of fused-ring (bicyclic) bond motifs is 3. The van der Waals surface area contributed by atoms with Gasteiger partial charge in [-0.15, -0.1) is 0 Å². The molecule has 0 aliphatic carbocycles. The first kappa shape index (κ1) is 18.8. The van der Waals surface area contributed by atoms with Crippen molar-refractivity contribution >= 4 is 17.7 Å². The minimum atomic E-state index is -0.549. The van der Waals surface area contributed by atoms with E-state index in [1.54, 1.807) is 4.90 Å². The molecule has 4 aliphatic rings. The van der Waals surface area contributed by atoms with Crippen LogP contribution in [0.5, 0.6) is 0 Å². The van der Waals surface area contributed by atoms with Gasteiger partial charge in [-0.25, -0.2) is 0 Å². The summed E-state index contributed by atoms with van der Waals surface area (Å²) in [5.41, 5.74) is 2.92. The molecule has 3 atom stereocenters. The van der Waals surface area contributed by atoms with Gasteiger partial charge in [0, 0.05) is 43.7 Å². The van der Waals surface area contributed by atoms with Gasteiger partial charge in [0.05, 0.1) is 0 Å². The largest absolute Gasteiger partial charge is 0.322 e. The maximum absolute atomic E-state index is 12.9. The first-order chi connectivity index (χ1) is 14.1. The number of benzene rings is 1. The normalized spacial score (nSPS) is 30.1. The van der Waals surface area contributed by atoms with Gasteiger partial charge >= 0.3 is 0 Å². The van der Waals surface area contributed by atoms with Crippen molar-refractivity contribution in [2.24, 2.45) is 0 Å². The average Bonchev–Trinajstić information content (AvgIpc) is 2.98. The number of rotatable bonds is 3. The number of nitrogens with one attached hydrogen (secondary N) is 2. The topological polar surface area (TPSA) is 81.8 Å². The first-order valence-electron chi connectivity index (χ1n) is 10.8. The second kappa shape index (κ2) is 7.54. The summed E-state index contributed by atoms with van der Waals surface area (Å²) in [6.07, 6.45) is 5.71. The molecule has 0 aromatic heterocycles. The molecule has 2 bridgehead atoms. The Kier molecular flexibility index (Phi) is 4.87. The molecule has 3 fully saturated rings. The minimum absolute atomic E-state index is 0.100. The maximum Gasteiger partial charge on any atom is 0.255 e. The van der Waals surface area contributed by atoms with Gasteiger partial charge in [-0.2, -0.15) is 0 Å². The summed E-state index contributed by atoms with van der Waals surface area (Å²) in [6, 6.07) is 6.81. The summed E-state index contributed by atoms with van der Waals surface area (Å²) in [5, 5.41) is 5.94. The van der Waals surface area contributed by atoms with E-state index in [1.807, 2.05) is 6.07 Å². The van der Waals surface area contributed by atoms with Gasteiger partial charge in [0.2, 0.25) is 11.8 Å². The van der Waals surface area contributed by atoms with Crippen molar-refractivity contribution in [3.8, 4) is 0 Å². The third-order valence-corrected chi connectivity index (χ3v) is 7.00. The minimum Gasteiger partial charge on any atom is -0.322 e. The number of carbonyl (C=O) groups excluding carboxylic acids is 3. The molecule has 2 N–H and O–H groups in total. The molecule has 3 saturated heterocycles. The summed E-state index contributed by atoms with van der Waals surface area (Å²) in [6.45, 7) is 3.51. The Bertz CT molecular complexity index is 840. The summed E-state index contributed by atoms with van der Waals surface area (Å²) in [4.78, 5) is 40.8. The van der Waals surface area contributed by atoms with Crippen LogP contribution in [0.1, 0.15) is 60.0 Å². The van der Waals surface area contributed by atoms with Gasteiger partial charge in [0.1, 0.15) is 6.04 Å². The van der Waals surface area contributed by atoms with E-state index in [0.717, 1.165) is 25.2 Å². The highest BCUT2D eigenvalue weighted by Crippen LogP contribution is 2.31. The molecule has 3 unspecified atom stereocenters. The van der Waals surface area contributed by atoms with Crippen LogP contribution in [0.4, 0.5) is 0 Å². The lowest BCUT2D eigenvalue weighted by Crippen LogP contribution is -2.52. The molecule has 0 spiro atoms. The van der Waals surface area contributed by atoms with Gasteiger partial charge in [-0.1, -0.05) is 18.6 Å². The van der Waals surface area contributed by atoms with Gasteiger partial charge in [0.15, 0.2) is 0 Å². The predicted molar refractivity (Wildman–Crippen MR) is 107 cm³/mol. The lowest BCUT2D eigenvalue weighted by molar-refractivity contribution is -0.136. The van der Waals surface area contributed by atoms with Crippen molar-refractivity contribution < 1.29 is 14.4 Å². The van der Waals surface area contributed by atoms with E-state index in [9.17, 15) is 14.4 Å². The number of hydrogen-bond donors (Lipinski definition) is 2. The van der Waals surface area contributed by atoms with Crippen molar-refractivity contribution in [2.45, 2.75) is 69.7 Å². The molecule has 3 amide bonds. The highest BCUT2D eigenvalue weighted by Gasteiger charge is 2.39. The maximum atomic E-state index is 12.9. The van der Waals surface area contributed by atoms with E-state index in [1.165, 1.54) is 31.2 Å². The molecule has 7 nitrogen and oxygen atoms in total. The van der Waals surface area contributed by atoms with E-state index in [4.69, 9.17) is 0 Å². The average molecular weight is 396 g/mol. The predicted octanol–water partition coefficient (Wildman–Crippen LogP) is 1.16. The van der Waals surface area contributed by atoms with Crippen molar-refractivity contribution in [1.82, 2.24) is 20.4 Å². The lowest BCUT2D eigenvalue weighted by atomic mass is 9.93. The first-order valence-corrected chi connectivity index (χ1v) is 10.8. The Hall–Kier alpha value is -2.25. The number of carbonyl (C=O) groups is 3. The molecule has 0 radical (unpaired) electrons. The molecule has 4 aliphatic heterocycles. The third kappa shape index (κ3) is 3.46. The molecule has 29 heavy (non-hydrogen) atoms. The highest BCUT2D eigenvalue weighted by atomic mass is 16.2. The van der Waals surface area contributed by atoms with Gasteiger partial charge < -0.3 is 10.2 Å². The third-order valence-electron chi connectivity index (χ3n) is 7.00. The number of amides is 3. The molecular weight excluding hydrogens is 368 g/mol. The number of hydrogen-bond acceptors (Lipinski definition) is 5. The van der Waals surface area contributed by atoms with Gasteiger partial charge in [0.25, 0.3) is 5.91 Å². The molecule has 0 saturated carbocycles. The summed E-state index contributed by atoms with van der Waals surface area (Å²) < 4.78 is 0. The van der Waals surface area contributed by atoms with E-state index in [2.05, 4.69) is 27.7 Å². The summed E-state index contributed by atoms with van der Waals surface area (Å²) >= 11 is 0. The van der Waals surface area contributed by atoms with Crippen LogP contribution in [-0.4, -0.2) is 58.7 Å². The number of nitrogens with zero attached hydrogens (tertiary/aromatic N) is 2. The zero-order valence-electron chi connectivity index (χ0n) is 16.7. The van der Waals surface area contributed by atoms with Crippen LogP contribution in [0, 0.1) is 0 Å². The quantitative estimate of drug-likeness (QED) is 0.750. The van der Waals surface area contributed by atoms with Crippen LogP contribution >= 0.6 is 0 Å². The Balaban J connectivity index is 1.33. The Morgan fingerprint density at radius 3 is 2.76 bits per heavy atom. The van der Waals surface area contributed by atoms with E-state index in [0.29, 0.717) is 30.6 Å². The van der Waals surface area contributed by atoms with E-state index in [-0.39, 0.29) is 24.1 Å². The summed E-state index contributed by atoms with van der Waals surface area (Å²) in [7, 11) is 0. The fourth-order valence-corrected chi connectivity index (χ4v) is 5.48. The second-order valence-electron chi connectivity index (χ2n) is 8.80. The summed E-state index contributed by atoms with van der Waals surface area (Å²) in [5.74, 6) is -0.709. The number of imide groups is 1. The van der Waals surface area contributed by atoms with Crippen LogP contribution in [0.25, 0.3) is 0 Å². The Morgan fingerprint density at radius 2 is 1.90 bits per heavy atom. The van der Waals surface area contributed by atoms with Crippen LogP contribution in [0.2, 0.25) is 0 Å². The molecular formula is C22H28N4O3. The fourth-order valence-electron chi connectivity index (χ4n) is 5.48. The van der Waals surface area contributed by atoms with Crippen molar-refractivity contribution in [2.75, 3.05) is 13.1 Å². The second-order valence-corrected chi connectivity index (χ2v) is 8.80. The van der Waals surface area contributed by atoms with E-state index < -0.39 is 6.04 Å². The molecule has 1 aromatic rings. The van der Waals surface area contributed by atoms with Crippen molar-refractivity contribution in [1.29, 1.82) is 0 Å². The van der Waals surface area contributed by atoms with Gasteiger partial charge in [-0.3, -0.25) is 24.6 Å². The Morgan fingerprint density at radius 1 is 1.03 bits per heavy atom. The smallest absolute Gasteiger partial charge is 0.255 e. The van der Waals surface area contributed by atoms with Crippen molar-refractivity contribution in [3.05, 3.63) is 34.9 Å². The molecule has 5 rings (SSSR count). The monoisotopic (exact) mass is 396 g/mol. The number of piperidine rings is 2. The molecule has 1 aromatic carbocycles. The highest BCUT2D eigenvalue weighted by molar-refractivity contribution is 6.05. The van der Waals surface area contributed by atoms with Crippen molar-refractivity contribution in [3.63, 3.8) is 0 Å². The Labute approximate surface area is 170 Å². The van der Waals surface area contributed by atoms with Crippen LogP contribution in [0.3, 0.4) is 0 Å². The van der Waals surface area contributed by atoms with Crippen LogP contribution in [0.15, 0.2) is 18.2 Å².